The minimum absolute atomic E-state index is 0.126. The van der Waals surface area contributed by atoms with Crippen LogP contribution in [-0.2, 0) is 20.7 Å². The third-order valence-corrected chi connectivity index (χ3v) is 6.11. The molecule has 4 rings (SSSR count). The summed E-state index contributed by atoms with van der Waals surface area (Å²) < 4.78 is 10.9. The van der Waals surface area contributed by atoms with E-state index in [1.165, 1.54) is 16.2 Å². The number of methoxy groups -OCH3 is 1. The van der Waals surface area contributed by atoms with Crippen molar-refractivity contribution in [2.45, 2.75) is 19.4 Å². The summed E-state index contributed by atoms with van der Waals surface area (Å²) in [7, 11) is 1.66. The van der Waals surface area contributed by atoms with E-state index in [1.807, 2.05) is 23.6 Å². The largest absolute Gasteiger partial charge is 0.479 e. The van der Waals surface area contributed by atoms with E-state index in [0.29, 0.717) is 23.2 Å². The fourth-order valence-electron chi connectivity index (χ4n) is 3.06. The van der Waals surface area contributed by atoms with Crippen LogP contribution in [0.15, 0.2) is 35.2 Å². The average molecular weight is 445 g/mol. The predicted octanol–water partition coefficient (Wildman–Crippen LogP) is 3.21. The van der Waals surface area contributed by atoms with Crippen molar-refractivity contribution in [2.24, 2.45) is 0 Å². The van der Waals surface area contributed by atoms with E-state index in [0.717, 1.165) is 22.7 Å². The number of carbonyl (C=O) groups is 2. The summed E-state index contributed by atoms with van der Waals surface area (Å²) in [6.45, 7) is 2.16. The molecule has 1 aliphatic heterocycles. The van der Waals surface area contributed by atoms with Gasteiger partial charge in [-0.1, -0.05) is 0 Å². The number of carbonyl (C=O) groups excluding carboxylic acids is 2. The van der Waals surface area contributed by atoms with E-state index >= 15 is 0 Å². The highest BCUT2D eigenvalue weighted by Crippen LogP contribution is 2.37. The number of ether oxygens (including phenoxy) is 2. The molecule has 0 fully saturated rings. The molecule has 0 spiro atoms. The number of fused-ring (bicyclic) bond motifs is 1. The molecular weight excluding hydrogens is 424 g/mol. The highest BCUT2D eigenvalue weighted by atomic mass is 32.1. The van der Waals surface area contributed by atoms with Gasteiger partial charge in [0.1, 0.15) is 12.3 Å². The molecule has 0 saturated heterocycles. The van der Waals surface area contributed by atoms with E-state index < -0.39 is 6.10 Å². The van der Waals surface area contributed by atoms with Gasteiger partial charge in [-0.05, 0) is 25.1 Å². The van der Waals surface area contributed by atoms with Crippen molar-refractivity contribution in [1.29, 1.82) is 0 Å². The SMILES string of the molecule is COCCc1nc(-c2ccc3c(c2)N(CC(=O)Nc2nccs2)C(=O)C(C)O3)cs1. The molecule has 1 atom stereocenters. The first-order valence-corrected chi connectivity index (χ1v) is 11.1. The number of amides is 2. The van der Waals surface area contributed by atoms with E-state index in [-0.39, 0.29) is 18.4 Å². The molecular formula is C20H20N4O4S2. The van der Waals surface area contributed by atoms with Crippen LogP contribution in [0.25, 0.3) is 11.3 Å². The van der Waals surface area contributed by atoms with Crippen LogP contribution in [0.1, 0.15) is 11.9 Å². The first kappa shape index (κ1) is 20.5. The number of hydrogen-bond acceptors (Lipinski definition) is 8. The van der Waals surface area contributed by atoms with Crippen molar-refractivity contribution in [1.82, 2.24) is 9.97 Å². The summed E-state index contributed by atoms with van der Waals surface area (Å²) in [5, 5.41) is 7.93. The zero-order chi connectivity index (χ0) is 21.1. The van der Waals surface area contributed by atoms with Crippen molar-refractivity contribution < 1.29 is 19.1 Å². The number of hydrogen-bond donors (Lipinski definition) is 1. The van der Waals surface area contributed by atoms with Crippen LogP contribution >= 0.6 is 22.7 Å². The fraction of sp³-hybridized carbons (Fsp3) is 0.300. The minimum atomic E-state index is -0.670. The molecule has 8 nitrogen and oxygen atoms in total. The Morgan fingerprint density at radius 3 is 3.00 bits per heavy atom. The Balaban J connectivity index is 1.59. The van der Waals surface area contributed by atoms with Gasteiger partial charge >= 0.3 is 0 Å². The molecule has 3 heterocycles. The van der Waals surface area contributed by atoms with Gasteiger partial charge in [0.25, 0.3) is 5.91 Å². The van der Waals surface area contributed by atoms with Gasteiger partial charge in [-0.25, -0.2) is 9.97 Å². The Hall–Kier alpha value is -2.82. The number of aromatic nitrogens is 2. The lowest BCUT2D eigenvalue weighted by Crippen LogP contribution is -2.47. The number of nitrogens with zero attached hydrogens (tertiary/aromatic N) is 3. The van der Waals surface area contributed by atoms with Crippen LogP contribution in [0.4, 0.5) is 10.8 Å². The normalized spacial score (nSPS) is 15.6. The Kier molecular flexibility index (Phi) is 6.07. The highest BCUT2D eigenvalue weighted by Gasteiger charge is 2.33. The summed E-state index contributed by atoms with van der Waals surface area (Å²) >= 11 is 2.88. The maximum atomic E-state index is 12.8. The fourth-order valence-corrected chi connectivity index (χ4v) is 4.40. The zero-order valence-corrected chi connectivity index (χ0v) is 18.1. The third-order valence-electron chi connectivity index (χ3n) is 4.52. The molecule has 0 radical (unpaired) electrons. The molecule has 2 aromatic heterocycles. The second-order valence-electron chi connectivity index (χ2n) is 6.62. The maximum Gasteiger partial charge on any atom is 0.268 e. The minimum Gasteiger partial charge on any atom is -0.479 e. The zero-order valence-electron chi connectivity index (χ0n) is 16.5. The Morgan fingerprint density at radius 2 is 2.23 bits per heavy atom. The summed E-state index contributed by atoms with van der Waals surface area (Å²) in [6.07, 6.45) is 1.68. The van der Waals surface area contributed by atoms with Gasteiger partial charge in [0.05, 0.1) is 23.0 Å². The molecule has 1 aliphatic rings. The van der Waals surface area contributed by atoms with E-state index in [1.54, 1.807) is 36.9 Å². The summed E-state index contributed by atoms with van der Waals surface area (Å²) in [5.74, 6) is -0.0324. The van der Waals surface area contributed by atoms with Gasteiger partial charge in [0.2, 0.25) is 5.91 Å². The van der Waals surface area contributed by atoms with Crippen molar-refractivity contribution in [3.8, 4) is 17.0 Å². The van der Waals surface area contributed by atoms with Crippen LogP contribution in [0, 0.1) is 0 Å². The van der Waals surface area contributed by atoms with Gasteiger partial charge < -0.3 is 14.8 Å². The molecule has 0 aliphatic carbocycles. The monoisotopic (exact) mass is 444 g/mol. The third kappa shape index (κ3) is 4.35. The van der Waals surface area contributed by atoms with Crippen molar-refractivity contribution in [3.63, 3.8) is 0 Å². The smallest absolute Gasteiger partial charge is 0.268 e. The Bertz CT molecular complexity index is 1050. The number of rotatable bonds is 7. The van der Waals surface area contributed by atoms with Gasteiger partial charge in [-0.15, -0.1) is 22.7 Å². The first-order valence-electron chi connectivity index (χ1n) is 9.30. The Morgan fingerprint density at radius 1 is 1.37 bits per heavy atom. The molecule has 3 aromatic rings. The topological polar surface area (TPSA) is 93.6 Å². The molecule has 30 heavy (non-hydrogen) atoms. The molecule has 0 bridgehead atoms. The molecule has 1 unspecified atom stereocenters. The quantitative estimate of drug-likeness (QED) is 0.601. The number of thiazole rings is 2. The molecule has 10 heteroatoms. The standard InChI is InChI=1S/C20H20N4O4S2/c1-12-19(26)24(10-17(25)23-20-21-6-8-29-20)15-9-13(3-4-16(15)28-12)14-11-30-18(22-14)5-7-27-2/h3-4,6,8-9,11-12H,5,7,10H2,1-2H3,(H,21,23,25). The molecule has 1 aromatic carbocycles. The number of anilines is 2. The lowest BCUT2D eigenvalue weighted by atomic mass is 10.1. The van der Waals surface area contributed by atoms with Crippen molar-refractivity contribution in [3.05, 3.63) is 40.2 Å². The number of nitrogens with one attached hydrogen (secondary N) is 1. The van der Waals surface area contributed by atoms with Crippen molar-refractivity contribution in [2.75, 3.05) is 30.5 Å². The van der Waals surface area contributed by atoms with E-state index in [2.05, 4.69) is 15.3 Å². The second-order valence-corrected chi connectivity index (χ2v) is 8.46. The van der Waals surface area contributed by atoms with Gasteiger partial charge in [0, 0.05) is 36.1 Å². The van der Waals surface area contributed by atoms with Crippen LogP contribution in [0.2, 0.25) is 0 Å². The van der Waals surface area contributed by atoms with Crippen LogP contribution in [0.5, 0.6) is 5.75 Å². The van der Waals surface area contributed by atoms with Crippen LogP contribution in [0.3, 0.4) is 0 Å². The van der Waals surface area contributed by atoms with Gasteiger partial charge in [-0.3, -0.25) is 14.5 Å². The lowest BCUT2D eigenvalue weighted by molar-refractivity contribution is -0.127. The molecule has 2 amide bonds. The lowest BCUT2D eigenvalue weighted by Gasteiger charge is -2.32. The van der Waals surface area contributed by atoms with Crippen molar-refractivity contribution >= 4 is 45.3 Å². The Labute approximate surface area is 181 Å². The second kappa shape index (κ2) is 8.90. The molecule has 0 saturated carbocycles. The summed E-state index contributed by atoms with van der Waals surface area (Å²) in [6, 6.07) is 5.56. The summed E-state index contributed by atoms with van der Waals surface area (Å²) in [4.78, 5) is 35.4. The first-order chi connectivity index (χ1) is 14.5. The summed E-state index contributed by atoms with van der Waals surface area (Å²) in [5.41, 5.74) is 2.22. The van der Waals surface area contributed by atoms with Crippen LogP contribution < -0.4 is 15.0 Å². The molecule has 1 N–H and O–H groups in total. The van der Waals surface area contributed by atoms with Gasteiger partial charge in [0.15, 0.2) is 11.2 Å². The van der Waals surface area contributed by atoms with E-state index in [9.17, 15) is 9.59 Å². The highest BCUT2D eigenvalue weighted by molar-refractivity contribution is 7.13. The van der Waals surface area contributed by atoms with Gasteiger partial charge in [-0.2, -0.15) is 0 Å². The predicted molar refractivity (Wildman–Crippen MR) is 116 cm³/mol. The molecule has 156 valence electrons. The average Bonchev–Trinajstić information content (AvgIpc) is 3.41. The maximum absolute atomic E-state index is 12.8. The van der Waals surface area contributed by atoms with Crippen LogP contribution in [-0.4, -0.2) is 48.1 Å². The number of benzene rings is 1. The van der Waals surface area contributed by atoms with E-state index in [4.69, 9.17) is 9.47 Å².